The van der Waals surface area contributed by atoms with Gasteiger partial charge in [0.25, 0.3) is 5.91 Å². The topological polar surface area (TPSA) is 127 Å². The highest BCUT2D eigenvalue weighted by molar-refractivity contribution is 7.91. The van der Waals surface area contributed by atoms with Crippen molar-refractivity contribution in [3.8, 4) is 0 Å². The van der Waals surface area contributed by atoms with Gasteiger partial charge < -0.3 is 10.1 Å². The number of ether oxygens (including phenoxy) is 1. The molecule has 1 saturated heterocycles. The molecule has 162 valence electrons. The molecule has 0 bridgehead atoms. The van der Waals surface area contributed by atoms with E-state index in [9.17, 15) is 30.8 Å². The Morgan fingerprint density at radius 1 is 1.28 bits per heavy atom. The summed E-state index contributed by atoms with van der Waals surface area (Å²) in [5.74, 6) is -3.14. The zero-order chi connectivity index (χ0) is 21.8. The lowest BCUT2D eigenvalue weighted by Gasteiger charge is -2.18. The number of hydrogen-bond acceptors (Lipinski definition) is 7. The molecule has 1 N–H and O–H groups in total. The van der Waals surface area contributed by atoms with Gasteiger partial charge in [-0.2, -0.15) is 4.31 Å². The van der Waals surface area contributed by atoms with Gasteiger partial charge in [0.05, 0.1) is 22.0 Å². The third-order valence-electron chi connectivity index (χ3n) is 4.43. The molecule has 1 aromatic carbocycles. The van der Waals surface area contributed by atoms with Crippen LogP contribution in [0.3, 0.4) is 0 Å². The summed E-state index contributed by atoms with van der Waals surface area (Å²) in [6.07, 6.45) is 0.266. The van der Waals surface area contributed by atoms with Crippen molar-refractivity contribution in [2.75, 3.05) is 31.2 Å². The predicted molar refractivity (Wildman–Crippen MR) is 102 cm³/mol. The summed E-state index contributed by atoms with van der Waals surface area (Å²) < 4.78 is 67.8. The number of amides is 1. The molecule has 1 heterocycles. The summed E-state index contributed by atoms with van der Waals surface area (Å²) in [6.45, 7) is 2.95. The van der Waals surface area contributed by atoms with Gasteiger partial charge in [-0.3, -0.25) is 4.79 Å². The monoisotopic (exact) mass is 450 g/mol. The van der Waals surface area contributed by atoms with E-state index < -0.39 is 55.8 Å². The number of esters is 1. The predicted octanol–water partition coefficient (Wildman–Crippen LogP) is 0.316. The second-order valence-corrected chi connectivity index (χ2v) is 10.6. The van der Waals surface area contributed by atoms with Gasteiger partial charge in [0.15, 0.2) is 16.4 Å². The van der Waals surface area contributed by atoms with Crippen LogP contribution in [0.25, 0.3) is 0 Å². The molecule has 0 radical (unpaired) electrons. The summed E-state index contributed by atoms with van der Waals surface area (Å²) in [6, 6.07) is 2.20. The zero-order valence-electron chi connectivity index (χ0n) is 16.1. The molecule has 29 heavy (non-hydrogen) atoms. The number of carbonyl (C=O) groups is 2. The number of benzene rings is 1. The number of halogens is 1. The highest BCUT2D eigenvalue weighted by atomic mass is 32.2. The molecule has 0 saturated carbocycles. The highest BCUT2D eigenvalue weighted by Gasteiger charge is 2.29. The molecule has 1 aromatic rings. The number of hydrogen-bond donors (Lipinski definition) is 1. The molecule has 1 aliphatic rings. The summed E-state index contributed by atoms with van der Waals surface area (Å²) >= 11 is 0. The van der Waals surface area contributed by atoms with Crippen molar-refractivity contribution in [1.82, 2.24) is 9.62 Å². The van der Waals surface area contributed by atoms with Crippen LogP contribution in [0.15, 0.2) is 23.1 Å². The van der Waals surface area contributed by atoms with Crippen LogP contribution in [0.2, 0.25) is 0 Å². The molecule has 2 rings (SSSR count). The number of sulfonamides is 1. The average Bonchev–Trinajstić information content (AvgIpc) is 2.99. The Bertz CT molecular complexity index is 989. The fourth-order valence-electron chi connectivity index (χ4n) is 2.92. The Labute approximate surface area is 169 Å². The van der Waals surface area contributed by atoms with Gasteiger partial charge in [0, 0.05) is 19.1 Å². The first-order valence-corrected chi connectivity index (χ1v) is 12.2. The van der Waals surface area contributed by atoms with E-state index in [0.717, 1.165) is 22.5 Å². The minimum Gasteiger partial charge on any atom is -0.452 e. The Hall–Kier alpha value is -2.05. The van der Waals surface area contributed by atoms with E-state index in [1.807, 2.05) is 0 Å². The minimum atomic E-state index is -3.91. The summed E-state index contributed by atoms with van der Waals surface area (Å²) in [5, 5.41) is 2.43. The molecular weight excluding hydrogens is 427 g/mol. The average molecular weight is 451 g/mol. The van der Waals surface area contributed by atoms with Gasteiger partial charge in [-0.1, -0.05) is 13.8 Å². The van der Waals surface area contributed by atoms with Crippen LogP contribution < -0.4 is 5.32 Å². The van der Waals surface area contributed by atoms with Crippen LogP contribution in [0.5, 0.6) is 0 Å². The lowest BCUT2D eigenvalue weighted by atomic mass is 10.2. The molecule has 1 unspecified atom stereocenters. The molecule has 0 aliphatic carbocycles. The van der Waals surface area contributed by atoms with Gasteiger partial charge >= 0.3 is 5.97 Å². The molecule has 0 spiro atoms. The van der Waals surface area contributed by atoms with Gasteiger partial charge in [0.1, 0.15) is 5.82 Å². The van der Waals surface area contributed by atoms with Gasteiger partial charge in [-0.05, 0) is 24.6 Å². The SMILES string of the molecule is CCN(CC)S(=O)(=O)c1ccc(F)c(C(=O)OCC(=O)NC2CCS(=O)(=O)C2)c1. The number of nitrogens with zero attached hydrogens (tertiary/aromatic N) is 1. The molecule has 1 atom stereocenters. The van der Waals surface area contributed by atoms with Crippen LogP contribution in [-0.4, -0.2) is 70.3 Å². The molecule has 9 nitrogen and oxygen atoms in total. The summed E-state index contributed by atoms with van der Waals surface area (Å²) in [4.78, 5) is 23.7. The molecule has 0 aromatic heterocycles. The molecular formula is C17H23FN2O7S2. The van der Waals surface area contributed by atoms with Crippen LogP contribution in [0.1, 0.15) is 30.6 Å². The minimum absolute atomic E-state index is 0.0310. The summed E-state index contributed by atoms with van der Waals surface area (Å²) in [7, 11) is -7.09. The molecule has 1 fully saturated rings. The van der Waals surface area contributed by atoms with E-state index in [0.29, 0.717) is 0 Å². The lowest BCUT2D eigenvalue weighted by molar-refractivity contribution is -0.124. The fraction of sp³-hybridized carbons (Fsp3) is 0.529. The van der Waals surface area contributed by atoms with E-state index in [-0.39, 0.29) is 35.9 Å². The maximum Gasteiger partial charge on any atom is 0.341 e. The van der Waals surface area contributed by atoms with E-state index >= 15 is 0 Å². The number of carbonyl (C=O) groups excluding carboxylic acids is 2. The standard InChI is InChI=1S/C17H23FN2O7S2/c1-3-20(4-2)29(25,26)13-5-6-15(18)14(9-13)17(22)27-10-16(21)19-12-7-8-28(23,24)11-12/h5-6,9,12H,3-4,7-8,10-11H2,1-2H3,(H,19,21). The maximum absolute atomic E-state index is 14.0. The van der Waals surface area contributed by atoms with Gasteiger partial charge in [-0.25, -0.2) is 26.0 Å². The van der Waals surface area contributed by atoms with Crippen LogP contribution in [0.4, 0.5) is 4.39 Å². The quantitative estimate of drug-likeness (QED) is 0.565. The van der Waals surface area contributed by atoms with Crippen LogP contribution in [0, 0.1) is 5.82 Å². The first-order valence-electron chi connectivity index (χ1n) is 8.96. The number of rotatable bonds is 8. The Balaban J connectivity index is 2.06. The van der Waals surface area contributed by atoms with Crippen molar-refractivity contribution < 1.29 is 35.6 Å². The maximum atomic E-state index is 14.0. The van der Waals surface area contributed by atoms with E-state index in [4.69, 9.17) is 4.74 Å². The van der Waals surface area contributed by atoms with Crippen molar-refractivity contribution in [2.24, 2.45) is 0 Å². The second kappa shape index (κ2) is 9.18. The van der Waals surface area contributed by atoms with E-state index in [1.54, 1.807) is 13.8 Å². The molecule has 12 heteroatoms. The van der Waals surface area contributed by atoms with Gasteiger partial charge in [-0.15, -0.1) is 0 Å². The first-order chi connectivity index (χ1) is 13.5. The Morgan fingerprint density at radius 3 is 2.48 bits per heavy atom. The van der Waals surface area contributed by atoms with E-state index in [1.165, 1.54) is 0 Å². The Morgan fingerprint density at radius 2 is 1.93 bits per heavy atom. The third kappa shape index (κ3) is 5.73. The summed E-state index contributed by atoms with van der Waals surface area (Å²) in [5.41, 5.74) is -0.616. The largest absolute Gasteiger partial charge is 0.452 e. The van der Waals surface area contributed by atoms with Crippen LogP contribution >= 0.6 is 0 Å². The van der Waals surface area contributed by atoms with Crippen molar-refractivity contribution in [2.45, 2.75) is 31.2 Å². The molecule has 1 amide bonds. The fourth-order valence-corrected chi connectivity index (χ4v) is 6.08. The normalized spacial score (nSPS) is 18.6. The van der Waals surface area contributed by atoms with Gasteiger partial charge in [0.2, 0.25) is 10.0 Å². The zero-order valence-corrected chi connectivity index (χ0v) is 17.7. The number of sulfone groups is 1. The van der Waals surface area contributed by atoms with Crippen molar-refractivity contribution in [3.63, 3.8) is 0 Å². The van der Waals surface area contributed by atoms with Crippen molar-refractivity contribution in [1.29, 1.82) is 0 Å². The lowest BCUT2D eigenvalue weighted by Crippen LogP contribution is -2.38. The highest BCUT2D eigenvalue weighted by Crippen LogP contribution is 2.20. The van der Waals surface area contributed by atoms with Crippen molar-refractivity contribution >= 4 is 31.7 Å². The second-order valence-electron chi connectivity index (χ2n) is 6.47. The number of nitrogens with one attached hydrogen (secondary N) is 1. The Kier molecular flexibility index (Phi) is 7.35. The van der Waals surface area contributed by atoms with Crippen LogP contribution in [-0.2, 0) is 29.4 Å². The first kappa shape index (κ1) is 23.2. The third-order valence-corrected chi connectivity index (χ3v) is 8.25. The molecule has 1 aliphatic heterocycles. The smallest absolute Gasteiger partial charge is 0.341 e. The van der Waals surface area contributed by atoms with Crippen molar-refractivity contribution in [3.05, 3.63) is 29.6 Å². The van der Waals surface area contributed by atoms with E-state index in [2.05, 4.69) is 5.32 Å².